The molecule has 0 radical (unpaired) electrons. The van der Waals surface area contributed by atoms with Crippen LogP contribution < -0.4 is 56.8 Å². The third-order valence-corrected chi connectivity index (χ3v) is 1.94. The summed E-state index contributed by atoms with van der Waals surface area (Å²) in [4.78, 5) is 0. The van der Waals surface area contributed by atoms with Crippen LogP contribution in [0, 0.1) is 5.82 Å². The van der Waals surface area contributed by atoms with Gasteiger partial charge in [0.05, 0.1) is 6.26 Å². The maximum absolute atomic E-state index is 13.2. The molecule has 0 bridgehead atoms. The summed E-state index contributed by atoms with van der Waals surface area (Å²) < 4.78 is 54.6. The van der Waals surface area contributed by atoms with Crippen LogP contribution in [0.4, 0.5) is 17.3 Å². The molecule has 0 saturated heterocycles. The standard InChI is InChI=1S/C8H4BF4O.K/c10-7-6(9(11,12)13)2-1-5-3-4-14-8(5)7;/h1-4H;/q-1;+1. The summed E-state index contributed by atoms with van der Waals surface area (Å²) in [5, 5.41) is 0.325. The Morgan fingerprint density at radius 2 is 1.73 bits per heavy atom. The molecule has 1 aromatic carbocycles. The smallest absolute Gasteiger partial charge is 0.461 e. The number of halogens is 4. The molecule has 7 heteroatoms. The first kappa shape index (κ1) is 13.2. The molecule has 0 spiro atoms. The van der Waals surface area contributed by atoms with Crippen molar-refractivity contribution in [1.29, 1.82) is 0 Å². The second-order valence-electron chi connectivity index (χ2n) is 2.88. The Morgan fingerprint density at radius 3 is 2.33 bits per heavy atom. The number of hydrogen-bond donors (Lipinski definition) is 0. The third kappa shape index (κ3) is 2.47. The molecular weight excluding hydrogens is 238 g/mol. The van der Waals surface area contributed by atoms with Crippen molar-refractivity contribution >= 4 is 23.4 Å². The van der Waals surface area contributed by atoms with Gasteiger partial charge in [-0.1, -0.05) is 17.6 Å². The summed E-state index contributed by atoms with van der Waals surface area (Å²) in [6.45, 7) is -5.33. The fourth-order valence-electron chi connectivity index (χ4n) is 1.27. The van der Waals surface area contributed by atoms with Crippen molar-refractivity contribution in [2.75, 3.05) is 0 Å². The van der Waals surface area contributed by atoms with E-state index in [1.807, 2.05) is 0 Å². The van der Waals surface area contributed by atoms with Crippen LogP contribution in [-0.2, 0) is 0 Å². The molecule has 0 unspecified atom stereocenters. The Morgan fingerprint density at radius 1 is 1.07 bits per heavy atom. The number of hydrogen-bond acceptors (Lipinski definition) is 1. The number of rotatable bonds is 1. The van der Waals surface area contributed by atoms with Crippen molar-refractivity contribution in [3.05, 3.63) is 30.3 Å². The third-order valence-electron chi connectivity index (χ3n) is 1.94. The maximum Gasteiger partial charge on any atom is 1.00 e. The van der Waals surface area contributed by atoms with Gasteiger partial charge in [0.25, 0.3) is 0 Å². The summed E-state index contributed by atoms with van der Waals surface area (Å²) >= 11 is 0. The van der Waals surface area contributed by atoms with Gasteiger partial charge < -0.3 is 17.4 Å². The predicted molar refractivity (Wildman–Crippen MR) is 44.9 cm³/mol. The summed E-state index contributed by atoms with van der Waals surface area (Å²) in [6, 6.07) is 3.32. The van der Waals surface area contributed by atoms with E-state index in [0.717, 1.165) is 12.3 Å². The molecule has 2 rings (SSSR count). The van der Waals surface area contributed by atoms with E-state index in [9.17, 15) is 17.3 Å². The van der Waals surface area contributed by atoms with E-state index in [-0.39, 0.29) is 57.0 Å². The van der Waals surface area contributed by atoms with Crippen molar-refractivity contribution in [3.63, 3.8) is 0 Å². The molecule has 0 saturated carbocycles. The summed E-state index contributed by atoms with van der Waals surface area (Å²) in [5.41, 5.74) is -1.59. The molecule has 0 N–H and O–H groups in total. The molecule has 0 amide bonds. The van der Waals surface area contributed by atoms with E-state index < -0.39 is 18.3 Å². The van der Waals surface area contributed by atoms with Gasteiger partial charge in [-0.25, -0.2) is 4.39 Å². The zero-order valence-corrected chi connectivity index (χ0v) is 10.9. The predicted octanol–water partition coefficient (Wildman–Crippen LogP) is -0.370. The molecule has 2 aromatic rings. The summed E-state index contributed by atoms with van der Waals surface area (Å²) in [7, 11) is 0. The minimum absolute atomic E-state index is 0. The van der Waals surface area contributed by atoms with Crippen LogP contribution in [0.15, 0.2) is 28.9 Å². The van der Waals surface area contributed by atoms with E-state index in [0.29, 0.717) is 5.39 Å². The van der Waals surface area contributed by atoms with E-state index in [2.05, 4.69) is 4.42 Å². The Labute approximate surface area is 125 Å². The van der Waals surface area contributed by atoms with Crippen molar-refractivity contribution in [2.24, 2.45) is 0 Å². The van der Waals surface area contributed by atoms with Gasteiger partial charge in [0.1, 0.15) is 5.82 Å². The van der Waals surface area contributed by atoms with Crippen molar-refractivity contribution in [3.8, 4) is 0 Å². The Balaban J connectivity index is 0.00000112. The fourth-order valence-corrected chi connectivity index (χ4v) is 1.27. The Hall–Kier alpha value is 0.181. The van der Waals surface area contributed by atoms with Gasteiger partial charge in [-0.05, 0) is 6.07 Å². The monoisotopic (exact) mass is 242 g/mol. The minimum Gasteiger partial charge on any atom is -0.461 e. The van der Waals surface area contributed by atoms with Gasteiger partial charge >= 0.3 is 58.4 Å². The molecule has 15 heavy (non-hydrogen) atoms. The van der Waals surface area contributed by atoms with Crippen LogP contribution in [0.3, 0.4) is 0 Å². The van der Waals surface area contributed by atoms with Crippen LogP contribution in [0.1, 0.15) is 0 Å². The normalized spacial score (nSPS) is 11.5. The van der Waals surface area contributed by atoms with E-state index in [4.69, 9.17) is 0 Å². The fraction of sp³-hybridized carbons (Fsp3) is 0. The minimum atomic E-state index is -5.33. The Bertz CT molecular complexity index is 479. The molecule has 0 atom stereocenters. The second-order valence-corrected chi connectivity index (χ2v) is 2.88. The molecule has 1 heterocycles. The van der Waals surface area contributed by atoms with Gasteiger partial charge in [-0.2, -0.15) is 0 Å². The molecule has 1 nitrogen and oxygen atoms in total. The first-order chi connectivity index (χ1) is 6.50. The maximum atomic E-state index is 13.2. The quantitative estimate of drug-likeness (QED) is 0.491. The van der Waals surface area contributed by atoms with Gasteiger partial charge in [-0.3, -0.25) is 0 Å². The molecule has 1 aromatic heterocycles. The number of fused-ring (bicyclic) bond motifs is 1. The first-order valence-corrected chi connectivity index (χ1v) is 3.85. The molecule has 74 valence electrons. The SMILES string of the molecule is Fc1c([B-](F)(F)F)ccc2ccoc12.[K+]. The Kier molecular flexibility index (Phi) is 4.05. The summed E-state index contributed by atoms with van der Waals surface area (Å²) in [6.07, 6.45) is 1.15. The van der Waals surface area contributed by atoms with Gasteiger partial charge in [0.15, 0.2) is 5.58 Å². The van der Waals surface area contributed by atoms with Crippen LogP contribution in [0.2, 0.25) is 0 Å². The molecule has 0 fully saturated rings. The zero-order chi connectivity index (χ0) is 10.3. The van der Waals surface area contributed by atoms with Gasteiger partial charge in [-0.15, -0.1) is 0 Å². The van der Waals surface area contributed by atoms with Crippen molar-refractivity contribution in [2.45, 2.75) is 0 Å². The molecular formula is C8H4BF4KO. The van der Waals surface area contributed by atoms with Crippen molar-refractivity contribution < 1.29 is 73.1 Å². The van der Waals surface area contributed by atoms with Crippen LogP contribution >= 0.6 is 0 Å². The van der Waals surface area contributed by atoms with E-state index >= 15 is 0 Å². The average Bonchev–Trinajstić information content (AvgIpc) is 2.50. The number of furan rings is 1. The largest absolute Gasteiger partial charge is 1.00 e. The van der Waals surface area contributed by atoms with Gasteiger partial charge in [0, 0.05) is 5.39 Å². The topological polar surface area (TPSA) is 13.1 Å². The summed E-state index contributed by atoms with van der Waals surface area (Å²) in [5.74, 6) is -1.33. The average molecular weight is 242 g/mol. The van der Waals surface area contributed by atoms with Crippen LogP contribution in [-0.4, -0.2) is 6.98 Å². The molecule has 0 aliphatic rings. The van der Waals surface area contributed by atoms with E-state index in [1.54, 1.807) is 0 Å². The van der Waals surface area contributed by atoms with Crippen LogP contribution in [0.25, 0.3) is 11.0 Å². The van der Waals surface area contributed by atoms with Crippen LogP contribution in [0.5, 0.6) is 0 Å². The van der Waals surface area contributed by atoms with Crippen molar-refractivity contribution in [1.82, 2.24) is 0 Å². The van der Waals surface area contributed by atoms with E-state index in [1.165, 1.54) is 12.1 Å². The molecule has 0 aliphatic heterocycles. The first-order valence-electron chi connectivity index (χ1n) is 3.85. The van der Waals surface area contributed by atoms with Gasteiger partial charge in [0.2, 0.25) is 0 Å². The second kappa shape index (κ2) is 4.59. The number of benzene rings is 1. The molecule has 0 aliphatic carbocycles. The zero-order valence-electron chi connectivity index (χ0n) is 7.81.